The van der Waals surface area contributed by atoms with E-state index in [0.29, 0.717) is 19.6 Å². The zero-order valence-corrected chi connectivity index (χ0v) is 19.8. The number of ether oxygens (including phenoxy) is 2. The highest BCUT2D eigenvalue weighted by Gasteiger charge is 2.04. The van der Waals surface area contributed by atoms with Crippen LogP contribution in [0.1, 0.15) is 88.7 Å². The molecule has 0 aliphatic heterocycles. The molecule has 0 N–H and O–H groups in total. The van der Waals surface area contributed by atoms with Crippen molar-refractivity contribution >= 4 is 17.7 Å². The number of carbonyl (C=O) groups excluding carboxylic acids is 1. The molecule has 0 fully saturated rings. The Labute approximate surface area is 183 Å². The largest absolute Gasteiger partial charge is 0.490 e. The van der Waals surface area contributed by atoms with E-state index in [4.69, 9.17) is 9.47 Å². The molecule has 0 amide bonds. The number of benzene rings is 1. The van der Waals surface area contributed by atoms with E-state index in [1.807, 2.05) is 30.8 Å². The van der Waals surface area contributed by atoms with E-state index < -0.39 is 0 Å². The van der Waals surface area contributed by atoms with Gasteiger partial charge in [0.05, 0.1) is 6.42 Å². The first kappa shape index (κ1) is 25.9. The standard InChI is InChI=1S/C25H42O3S/c1-4-5-6-7-8-9-10-11-12-13-19-29-20-16-25(26)28-18-17-27-24-15-14-22(2)21-23(24)3/h14-15,21H,4-13,16-20H2,1-3H3. The molecule has 0 bridgehead atoms. The van der Waals surface area contributed by atoms with Crippen LogP contribution in [0.3, 0.4) is 0 Å². The summed E-state index contributed by atoms with van der Waals surface area (Å²) < 4.78 is 10.9. The van der Waals surface area contributed by atoms with Gasteiger partial charge in [0, 0.05) is 5.75 Å². The summed E-state index contributed by atoms with van der Waals surface area (Å²) in [6, 6.07) is 6.09. The Kier molecular flexibility index (Phi) is 15.8. The average molecular weight is 423 g/mol. The van der Waals surface area contributed by atoms with Gasteiger partial charge >= 0.3 is 5.97 Å². The number of esters is 1. The summed E-state index contributed by atoms with van der Waals surface area (Å²) in [5.41, 5.74) is 2.33. The molecule has 29 heavy (non-hydrogen) atoms. The fraction of sp³-hybridized carbons (Fsp3) is 0.720. The van der Waals surface area contributed by atoms with E-state index in [1.54, 1.807) is 0 Å². The summed E-state index contributed by atoms with van der Waals surface area (Å²) in [6.45, 7) is 7.08. The third-order valence-electron chi connectivity index (χ3n) is 5.03. The predicted octanol–water partition coefficient (Wildman–Crippen LogP) is 7.27. The predicted molar refractivity (Wildman–Crippen MR) is 126 cm³/mol. The van der Waals surface area contributed by atoms with Crippen LogP contribution in [-0.2, 0) is 9.53 Å². The molecule has 1 rings (SSSR count). The Bertz CT molecular complexity index is 545. The first-order chi connectivity index (χ1) is 14.1. The zero-order chi connectivity index (χ0) is 21.2. The summed E-state index contributed by atoms with van der Waals surface area (Å²) in [5.74, 6) is 2.75. The van der Waals surface area contributed by atoms with E-state index >= 15 is 0 Å². The molecule has 0 aliphatic rings. The second-order valence-electron chi connectivity index (χ2n) is 7.88. The van der Waals surface area contributed by atoms with Crippen molar-refractivity contribution < 1.29 is 14.3 Å². The van der Waals surface area contributed by atoms with Crippen LogP contribution in [0.25, 0.3) is 0 Å². The SMILES string of the molecule is CCCCCCCCCCCCSCCC(=O)OCCOc1ccc(C)cc1C. The third kappa shape index (κ3) is 14.5. The monoisotopic (exact) mass is 422 g/mol. The van der Waals surface area contributed by atoms with Gasteiger partial charge in [-0.25, -0.2) is 0 Å². The summed E-state index contributed by atoms with van der Waals surface area (Å²) in [5, 5.41) is 0. The van der Waals surface area contributed by atoms with Crippen molar-refractivity contribution in [3.05, 3.63) is 29.3 Å². The maximum atomic E-state index is 11.8. The van der Waals surface area contributed by atoms with Crippen LogP contribution in [0.5, 0.6) is 5.75 Å². The molecule has 0 saturated heterocycles. The van der Waals surface area contributed by atoms with Crippen molar-refractivity contribution in [1.29, 1.82) is 0 Å². The number of hydrogen-bond donors (Lipinski definition) is 0. The fourth-order valence-electron chi connectivity index (χ4n) is 3.29. The van der Waals surface area contributed by atoms with E-state index in [9.17, 15) is 4.79 Å². The van der Waals surface area contributed by atoms with Crippen LogP contribution >= 0.6 is 11.8 Å². The molecular weight excluding hydrogens is 380 g/mol. The highest BCUT2D eigenvalue weighted by Crippen LogP contribution is 2.18. The maximum absolute atomic E-state index is 11.8. The molecule has 1 aromatic rings. The highest BCUT2D eigenvalue weighted by molar-refractivity contribution is 7.99. The van der Waals surface area contributed by atoms with Gasteiger partial charge in [-0.3, -0.25) is 4.79 Å². The Hall–Kier alpha value is -1.16. The lowest BCUT2D eigenvalue weighted by Crippen LogP contribution is -2.13. The molecule has 0 unspecified atom stereocenters. The smallest absolute Gasteiger partial charge is 0.306 e. The summed E-state index contributed by atoms with van der Waals surface area (Å²) in [4.78, 5) is 11.8. The highest BCUT2D eigenvalue weighted by atomic mass is 32.2. The van der Waals surface area contributed by atoms with Crippen LogP contribution in [0, 0.1) is 13.8 Å². The topological polar surface area (TPSA) is 35.5 Å². The van der Waals surface area contributed by atoms with Crippen molar-refractivity contribution in [2.24, 2.45) is 0 Å². The Balaban J connectivity index is 1.86. The summed E-state index contributed by atoms with van der Waals surface area (Å²) >= 11 is 1.87. The van der Waals surface area contributed by atoms with Crippen molar-refractivity contribution in [1.82, 2.24) is 0 Å². The minimum atomic E-state index is -0.121. The first-order valence-corrected chi connectivity index (χ1v) is 12.7. The van der Waals surface area contributed by atoms with Gasteiger partial charge in [-0.2, -0.15) is 11.8 Å². The van der Waals surface area contributed by atoms with Crippen LogP contribution in [0.15, 0.2) is 18.2 Å². The van der Waals surface area contributed by atoms with Crippen LogP contribution < -0.4 is 4.74 Å². The van der Waals surface area contributed by atoms with Crippen LogP contribution in [0.2, 0.25) is 0 Å². The van der Waals surface area contributed by atoms with Crippen LogP contribution in [0.4, 0.5) is 0 Å². The fourth-order valence-corrected chi connectivity index (χ4v) is 4.21. The molecule has 0 aromatic heterocycles. The molecule has 0 atom stereocenters. The Morgan fingerprint density at radius 1 is 0.862 bits per heavy atom. The van der Waals surface area contributed by atoms with E-state index in [1.165, 1.54) is 69.8 Å². The van der Waals surface area contributed by atoms with E-state index in [-0.39, 0.29) is 5.97 Å². The minimum absolute atomic E-state index is 0.121. The molecule has 0 radical (unpaired) electrons. The van der Waals surface area contributed by atoms with Crippen molar-refractivity contribution in [3.63, 3.8) is 0 Å². The molecule has 1 aromatic carbocycles. The Morgan fingerprint density at radius 2 is 1.52 bits per heavy atom. The van der Waals surface area contributed by atoms with Gasteiger partial charge in [0.15, 0.2) is 0 Å². The van der Waals surface area contributed by atoms with Crippen molar-refractivity contribution in [3.8, 4) is 5.75 Å². The summed E-state index contributed by atoms with van der Waals surface area (Å²) in [6.07, 6.45) is 14.2. The molecule has 0 heterocycles. The van der Waals surface area contributed by atoms with Crippen molar-refractivity contribution in [2.45, 2.75) is 91.4 Å². The van der Waals surface area contributed by atoms with Crippen molar-refractivity contribution in [2.75, 3.05) is 24.7 Å². The Morgan fingerprint density at radius 3 is 2.17 bits per heavy atom. The third-order valence-corrected chi connectivity index (χ3v) is 6.10. The van der Waals surface area contributed by atoms with E-state index in [0.717, 1.165) is 22.8 Å². The molecule has 166 valence electrons. The normalized spacial score (nSPS) is 10.9. The minimum Gasteiger partial charge on any atom is -0.490 e. The number of thioether (sulfide) groups is 1. The number of carbonyl (C=O) groups is 1. The zero-order valence-electron chi connectivity index (χ0n) is 19.0. The van der Waals surface area contributed by atoms with Gasteiger partial charge in [-0.05, 0) is 37.7 Å². The lowest BCUT2D eigenvalue weighted by Gasteiger charge is -2.10. The number of rotatable bonds is 18. The van der Waals surface area contributed by atoms with Gasteiger partial charge in [-0.15, -0.1) is 0 Å². The molecule has 3 nitrogen and oxygen atoms in total. The molecular formula is C25H42O3S. The lowest BCUT2D eigenvalue weighted by molar-refractivity contribution is -0.143. The lowest BCUT2D eigenvalue weighted by atomic mass is 10.1. The van der Waals surface area contributed by atoms with Gasteiger partial charge in [0.25, 0.3) is 0 Å². The van der Waals surface area contributed by atoms with Gasteiger partial charge in [-0.1, -0.05) is 82.4 Å². The molecule has 0 spiro atoms. The average Bonchev–Trinajstić information content (AvgIpc) is 2.70. The first-order valence-electron chi connectivity index (χ1n) is 11.6. The molecule has 4 heteroatoms. The van der Waals surface area contributed by atoms with Gasteiger partial charge in [0.2, 0.25) is 0 Å². The number of unbranched alkanes of at least 4 members (excludes halogenated alkanes) is 9. The second-order valence-corrected chi connectivity index (χ2v) is 9.11. The summed E-state index contributed by atoms with van der Waals surface area (Å²) in [7, 11) is 0. The number of aryl methyl sites for hydroxylation is 2. The maximum Gasteiger partial charge on any atom is 0.306 e. The quantitative estimate of drug-likeness (QED) is 0.184. The van der Waals surface area contributed by atoms with Crippen LogP contribution in [-0.4, -0.2) is 30.7 Å². The van der Waals surface area contributed by atoms with Gasteiger partial charge < -0.3 is 9.47 Å². The second kappa shape index (κ2) is 17.7. The van der Waals surface area contributed by atoms with Gasteiger partial charge in [0.1, 0.15) is 19.0 Å². The molecule has 0 saturated carbocycles. The number of hydrogen-bond acceptors (Lipinski definition) is 4. The van der Waals surface area contributed by atoms with E-state index in [2.05, 4.69) is 19.9 Å². The molecule has 0 aliphatic carbocycles.